The van der Waals surface area contributed by atoms with E-state index in [1.54, 1.807) is 30.3 Å². The first-order valence-electron chi connectivity index (χ1n) is 10.5. The second-order valence-electron chi connectivity index (χ2n) is 7.88. The summed E-state index contributed by atoms with van der Waals surface area (Å²) in [5.41, 5.74) is 4.19. The number of ketones is 1. The maximum absolute atomic E-state index is 12.8. The molecule has 33 heavy (non-hydrogen) atoms. The Morgan fingerprint density at radius 3 is 2.70 bits per heavy atom. The lowest BCUT2D eigenvalue weighted by atomic mass is 9.77. The molecule has 1 aliphatic heterocycles. The van der Waals surface area contributed by atoms with Crippen molar-refractivity contribution in [1.29, 1.82) is 5.26 Å². The Labute approximate surface area is 206 Å². The number of Topliss-reactive ketones (excluding diaryl/α,β-unsaturated/α-hetero) is 1. The molecule has 0 radical (unpaired) electrons. The monoisotopic (exact) mass is 497 g/mol. The lowest BCUT2D eigenvalue weighted by Gasteiger charge is -2.33. The average molecular weight is 498 g/mol. The summed E-state index contributed by atoms with van der Waals surface area (Å²) < 4.78 is 0. The summed E-state index contributed by atoms with van der Waals surface area (Å²) in [6.07, 6.45) is 1.95. The smallest absolute Gasteiger partial charge is 0.234 e. The zero-order valence-electron chi connectivity index (χ0n) is 17.9. The van der Waals surface area contributed by atoms with Gasteiger partial charge in [0.15, 0.2) is 5.78 Å². The van der Waals surface area contributed by atoms with Crippen molar-refractivity contribution in [3.8, 4) is 6.07 Å². The van der Waals surface area contributed by atoms with Crippen LogP contribution in [0.1, 0.15) is 36.3 Å². The van der Waals surface area contributed by atoms with E-state index >= 15 is 0 Å². The van der Waals surface area contributed by atoms with Crippen LogP contribution in [0.2, 0.25) is 10.0 Å². The number of carbonyl (C=O) groups is 2. The number of nitriles is 1. The predicted molar refractivity (Wildman–Crippen MR) is 133 cm³/mol. The second kappa shape index (κ2) is 10.0. The van der Waals surface area contributed by atoms with Crippen LogP contribution in [-0.4, -0.2) is 17.4 Å². The van der Waals surface area contributed by atoms with Crippen LogP contribution in [0, 0.1) is 18.3 Å². The molecule has 2 aromatic carbocycles. The molecule has 2 aliphatic rings. The average Bonchev–Trinajstić information content (AvgIpc) is 2.80. The number of allylic oxidation sites excluding steroid dienone is 3. The van der Waals surface area contributed by atoms with Gasteiger partial charge in [0.25, 0.3) is 0 Å². The number of halogens is 2. The molecule has 0 saturated carbocycles. The maximum atomic E-state index is 12.8. The Bertz CT molecular complexity index is 1230. The Morgan fingerprint density at radius 2 is 1.97 bits per heavy atom. The van der Waals surface area contributed by atoms with Crippen LogP contribution in [0.4, 0.5) is 5.69 Å². The van der Waals surface area contributed by atoms with Crippen LogP contribution < -0.4 is 10.6 Å². The number of dihydropyridines is 1. The van der Waals surface area contributed by atoms with Crippen LogP contribution in [0.15, 0.2) is 64.3 Å². The molecule has 2 aromatic rings. The molecule has 1 amide bonds. The molecule has 0 spiro atoms. The van der Waals surface area contributed by atoms with Gasteiger partial charge in [-0.1, -0.05) is 53.2 Å². The molecule has 8 heteroatoms. The largest absolute Gasteiger partial charge is 0.352 e. The predicted octanol–water partition coefficient (Wildman–Crippen LogP) is 6.10. The van der Waals surface area contributed by atoms with E-state index in [9.17, 15) is 14.9 Å². The molecule has 2 N–H and O–H groups in total. The van der Waals surface area contributed by atoms with Crippen LogP contribution in [0.3, 0.4) is 0 Å². The number of hydrogen-bond donors (Lipinski definition) is 2. The number of amides is 1. The van der Waals surface area contributed by atoms with Gasteiger partial charge in [-0.15, -0.1) is 0 Å². The van der Waals surface area contributed by atoms with Gasteiger partial charge in [-0.05, 0) is 55.2 Å². The van der Waals surface area contributed by atoms with E-state index in [0.29, 0.717) is 38.3 Å². The fraction of sp³-hybridized carbons (Fsp3) is 0.240. The van der Waals surface area contributed by atoms with Crippen LogP contribution >= 0.6 is 35.0 Å². The van der Waals surface area contributed by atoms with Crippen molar-refractivity contribution in [1.82, 2.24) is 5.32 Å². The highest BCUT2D eigenvalue weighted by Crippen LogP contribution is 2.44. The summed E-state index contributed by atoms with van der Waals surface area (Å²) in [6, 6.07) is 14.8. The lowest BCUT2D eigenvalue weighted by molar-refractivity contribution is -0.116. The molecule has 0 saturated heterocycles. The van der Waals surface area contributed by atoms with Crippen molar-refractivity contribution in [2.75, 3.05) is 11.1 Å². The Kier molecular flexibility index (Phi) is 7.14. The minimum Gasteiger partial charge on any atom is -0.352 e. The van der Waals surface area contributed by atoms with Crippen LogP contribution in [0.5, 0.6) is 0 Å². The molecular formula is C25H21Cl2N3O2S. The van der Waals surface area contributed by atoms with Gasteiger partial charge in [0.2, 0.25) is 5.91 Å². The van der Waals surface area contributed by atoms with Crippen molar-refractivity contribution >= 4 is 52.3 Å². The van der Waals surface area contributed by atoms with E-state index in [-0.39, 0.29) is 17.4 Å². The molecule has 4 rings (SSSR count). The topological polar surface area (TPSA) is 82.0 Å². The first-order valence-corrected chi connectivity index (χ1v) is 12.2. The number of carbonyl (C=O) groups excluding carboxylic acids is 2. The summed E-state index contributed by atoms with van der Waals surface area (Å²) >= 11 is 13.5. The minimum absolute atomic E-state index is 0.0506. The molecule has 0 fully saturated rings. The molecule has 0 aromatic heterocycles. The number of thioether (sulfide) groups is 1. The molecule has 5 nitrogen and oxygen atoms in total. The molecular weight excluding hydrogens is 477 g/mol. The van der Waals surface area contributed by atoms with Crippen molar-refractivity contribution in [2.45, 2.75) is 32.1 Å². The molecule has 1 heterocycles. The highest BCUT2D eigenvalue weighted by atomic mass is 35.5. The number of hydrogen-bond acceptors (Lipinski definition) is 5. The minimum atomic E-state index is -0.475. The zero-order chi connectivity index (χ0) is 23.5. The third kappa shape index (κ3) is 4.96. The van der Waals surface area contributed by atoms with Gasteiger partial charge in [0.05, 0.1) is 28.3 Å². The van der Waals surface area contributed by atoms with E-state index in [2.05, 4.69) is 16.7 Å². The van der Waals surface area contributed by atoms with E-state index in [0.717, 1.165) is 29.7 Å². The highest BCUT2D eigenvalue weighted by Gasteiger charge is 2.37. The number of benzene rings is 2. The van der Waals surface area contributed by atoms with Gasteiger partial charge in [-0.2, -0.15) is 5.26 Å². The first-order chi connectivity index (χ1) is 15.9. The fourth-order valence-corrected chi connectivity index (χ4v) is 5.26. The van der Waals surface area contributed by atoms with Crippen molar-refractivity contribution in [3.63, 3.8) is 0 Å². The maximum Gasteiger partial charge on any atom is 0.234 e. The van der Waals surface area contributed by atoms with E-state index in [4.69, 9.17) is 23.2 Å². The first kappa shape index (κ1) is 23.4. The van der Waals surface area contributed by atoms with Gasteiger partial charge in [0, 0.05) is 33.4 Å². The standard InChI is InChI=1S/C25H21Cl2N3O2S/c1-14-18(27)4-2-5-19(14)29-22(32)13-33-25-17(12-28)23(15-8-10-16(26)11-9-15)24-20(30-25)6-3-7-21(24)31/h2,4-5,8-11,23,30H,3,6-7,13H2,1H3,(H,29,32)/t23-/m1/s1. The summed E-state index contributed by atoms with van der Waals surface area (Å²) in [5, 5.41) is 18.0. The normalized spacial score (nSPS) is 17.9. The number of nitrogens with zero attached hydrogens (tertiary/aromatic N) is 1. The van der Waals surface area contributed by atoms with Gasteiger partial charge in [-0.25, -0.2) is 0 Å². The Morgan fingerprint density at radius 1 is 1.21 bits per heavy atom. The molecule has 1 atom stereocenters. The lowest BCUT2D eigenvalue weighted by Crippen LogP contribution is -2.31. The van der Waals surface area contributed by atoms with Gasteiger partial charge in [0.1, 0.15) is 0 Å². The highest BCUT2D eigenvalue weighted by molar-refractivity contribution is 8.03. The SMILES string of the molecule is Cc1c(Cl)cccc1NC(=O)CSC1=C(C#N)[C@@H](c2ccc(Cl)cc2)C2=C(CCCC2=O)N1. The summed E-state index contributed by atoms with van der Waals surface area (Å²) in [7, 11) is 0. The van der Waals surface area contributed by atoms with Crippen LogP contribution in [0.25, 0.3) is 0 Å². The quantitative estimate of drug-likeness (QED) is 0.521. The number of rotatable bonds is 5. The third-order valence-electron chi connectivity index (χ3n) is 5.76. The summed E-state index contributed by atoms with van der Waals surface area (Å²) in [6.45, 7) is 1.84. The van der Waals surface area contributed by atoms with Gasteiger partial charge >= 0.3 is 0 Å². The molecule has 1 aliphatic carbocycles. The fourth-order valence-electron chi connectivity index (χ4n) is 4.09. The van der Waals surface area contributed by atoms with E-state index in [1.807, 2.05) is 19.1 Å². The summed E-state index contributed by atoms with van der Waals surface area (Å²) in [4.78, 5) is 25.5. The van der Waals surface area contributed by atoms with Crippen LogP contribution in [-0.2, 0) is 9.59 Å². The van der Waals surface area contributed by atoms with Crippen molar-refractivity contribution in [2.24, 2.45) is 0 Å². The van der Waals surface area contributed by atoms with Crippen molar-refractivity contribution in [3.05, 3.63) is 85.5 Å². The number of anilines is 1. The Balaban J connectivity index is 1.61. The van der Waals surface area contributed by atoms with E-state index < -0.39 is 5.92 Å². The van der Waals surface area contributed by atoms with Crippen molar-refractivity contribution < 1.29 is 9.59 Å². The van der Waals surface area contributed by atoms with Gasteiger partial charge in [-0.3, -0.25) is 9.59 Å². The van der Waals surface area contributed by atoms with Gasteiger partial charge < -0.3 is 10.6 Å². The Hall–Kier alpha value is -2.72. The van der Waals surface area contributed by atoms with E-state index in [1.165, 1.54) is 11.8 Å². The number of nitrogens with one attached hydrogen (secondary N) is 2. The molecule has 0 bridgehead atoms. The molecule has 168 valence electrons. The summed E-state index contributed by atoms with van der Waals surface area (Å²) in [5.74, 6) is -0.533. The molecule has 0 unspecified atom stereocenters. The third-order valence-corrected chi connectivity index (χ3v) is 7.43. The zero-order valence-corrected chi connectivity index (χ0v) is 20.2. The second-order valence-corrected chi connectivity index (χ2v) is 9.71.